The number of methoxy groups -OCH3 is 1. The van der Waals surface area contributed by atoms with Gasteiger partial charge in [0.05, 0.1) is 19.8 Å². The van der Waals surface area contributed by atoms with E-state index in [-0.39, 0.29) is 12.1 Å². The summed E-state index contributed by atoms with van der Waals surface area (Å²) in [4.78, 5) is 10.2. The van der Waals surface area contributed by atoms with Crippen LogP contribution in [0.5, 0.6) is 0 Å². The molecule has 6 heteroatoms. The summed E-state index contributed by atoms with van der Waals surface area (Å²) in [5, 5.41) is 0. The Kier molecular flexibility index (Phi) is 6.35. The Morgan fingerprint density at radius 2 is 2.21 bits per heavy atom. The quantitative estimate of drug-likeness (QED) is 0.483. The Hall–Kier alpha value is -0.720. The number of carbonyl (C=O) groups excluding carboxylic acids is 1. The minimum atomic E-state index is -1.45. The molecule has 0 aromatic heterocycles. The normalized spacial score (nSPS) is 24.8. The van der Waals surface area contributed by atoms with E-state index in [0.717, 1.165) is 0 Å². The third kappa shape index (κ3) is 5.85. The maximum atomic E-state index is 10.2. The standard InChI is InChI=1S/C5H8O2.C3H6O3S/c1-4(2)5(6)7-3;1-3-2-5-7(4)6-3/h1H2,2-3H3;3H,2H2,1H3. The van der Waals surface area contributed by atoms with E-state index >= 15 is 0 Å². The molecule has 0 bridgehead atoms. The van der Waals surface area contributed by atoms with Crippen LogP contribution in [0, 0.1) is 0 Å². The first-order valence-electron chi connectivity index (χ1n) is 3.93. The second-order valence-corrected chi connectivity index (χ2v) is 3.50. The van der Waals surface area contributed by atoms with Crippen molar-refractivity contribution in [1.82, 2.24) is 0 Å². The van der Waals surface area contributed by atoms with Crippen LogP contribution in [0.3, 0.4) is 0 Å². The van der Waals surface area contributed by atoms with Crippen LogP contribution >= 0.6 is 0 Å². The van der Waals surface area contributed by atoms with E-state index in [1.807, 2.05) is 6.92 Å². The summed E-state index contributed by atoms with van der Waals surface area (Å²) in [5.41, 5.74) is 0.433. The molecule has 0 radical (unpaired) electrons. The van der Waals surface area contributed by atoms with Crippen molar-refractivity contribution in [2.45, 2.75) is 20.0 Å². The summed E-state index contributed by atoms with van der Waals surface area (Å²) < 4.78 is 23.5. The first-order valence-corrected chi connectivity index (χ1v) is 4.93. The molecule has 14 heavy (non-hydrogen) atoms. The molecule has 0 spiro atoms. The second kappa shape index (κ2) is 6.69. The zero-order valence-electron chi connectivity index (χ0n) is 8.44. The lowest BCUT2D eigenvalue weighted by Gasteiger charge is -1.91. The molecule has 0 aliphatic carbocycles. The highest BCUT2D eigenvalue weighted by atomic mass is 32.2. The summed E-state index contributed by atoms with van der Waals surface area (Å²) in [6.07, 6.45) is 0.000772. The van der Waals surface area contributed by atoms with Crippen LogP contribution in [-0.2, 0) is 29.3 Å². The highest BCUT2D eigenvalue weighted by Gasteiger charge is 2.17. The zero-order valence-corrected chi connectivity index (χ0v) is 9.26. The Morgan fingerprint density at radius 3 is 2.29 bits per heavy atom. The lowest BCUT2D eigenvalue weighted by atomic mass is 10.4. The summed E-state index contributed by atoms with van der Waals surface area (Å²) in [5.74, 6) is -0.347. The maximum Gasteiger partial charge on any atom is 0.332 e. The van der Waals surface area contributed by atoms with Crippen molar-refractivity contribution in [1.29, 1.82) is 0 Å². The van der Waals surface area contributed by atoms with Crippen molar-refractivity contribution < 1.29 is 22.1 Å². The van der Waals surface area contributed by atoms with Gasteiger partial charge in [0.2, 0.25) is 0 Å². The van der Waals surface area contributed by atoms with E-state index < -0.39 is 11.4 Å². The van der Waals surface area contributed by atoms with Gasteiger partial charge in [0.15, 0.2) is 0 Å². The van der Waals surface area contributed by atoms with Gasteiger partial charge in [-0.2, -0.15) is 4.21 Å². The van der Waals surface area contributed by atoms with Crippen LogP contribution in [0.25, 0.3) is 0 Å². The molecule has 0 aromatic carbocycles. The molecule has 1 saturated heterocycles. The lowest BCUT2D eigenvalue weighted by Crippen LogP contribution is -2.00. The minimum Gasteiger partial charge on any atom is -0.466 e. The number of rotatable bonds is 1. The third-order valence-electron chi connectivity index (χ3n) is 1.18. The molecule has 2 atom stereocenters. The number of carbonyl (C=O) groups is 1. The van der Waals surface area contributed by atoms with Crippen molar-refractivity contribution in [2.75, 3.05) is 13.7 Å². The lowest BCUT2D eigenvalue weighted by molar-refractivity contribution is -0.136. The largest absolute Gasteiger partial charge is 0.466 e. The highest BCUT2D eigenvalue weighted by molar-refractivity contribution is 7.75. The second-order valence-electron chi connectivity index (χ2n) is 2.67. The number of esters is 1. The van der Waals surface area contributed by atoms with Crippen molar-refractivity contribution >= 4 is 17.3 Å². The fourth-order valence-corrected chi connectivity index (χ4v) is 1.20. The third-order valence-corrected chi connectivity index (χ3v) is 1.99. The predicted molar refractivity (Wildman–Crippen MR) is 51.5 cm³/mol. The molecule has 0 amide bonds. The van der Waals surface area contributed by atoms with E-state index in [2.05, 4.69) is 19.7 Å². The summed E-state index contributed by atoms with van der Waals surface area (Å²) in [7, 11) is 1.33. The van der Waals surface area contributed by atoms with E-state index in [4.69, 9.17) is 0 Å². The zero-order chi connectivity index (χ0) is 11.1. The van der Waals surface area contributed by atoms with Gasteiger partial charge in [0.1, 0.15) is 0 Å². The Bertz CT molecular complexity index is 238. The van der Waals surface area contributed by atoms with Gasteiger partial charge in [0.25, 0.3) is 0 Å². The summed E-state index contributed by atoms with van der Waals surface area (Å²) in [6, 6.07) is 0. The van der Waals surface area contributed by atoms with Gasteiger partial charge in [-0.1, -0.05) is 6.58 Å². The molecule has 1 heterocycles. The van der Waals surface area contributed by atoms with Crippen LogP contribution in [0.2, 0.25) is 0 Å². The van der Waals surface area contributed by atoms with Crippen molar-refractivity contribution in [3.05, 3.63) is 12.2 Å². The molecular formula is C8H14O5S. The molecular weight excluding hydrogens is 208 g/mol. The predicted octanol–water partition coefficient (Wildman–Crippen LogP) is 0.736. The van der Waals surface area contributed by atoms with Gasteiger partial charge < -0.3 is 4.74 Å². The molecule has 5 nitrogen and oxygen atoms in total. The van der Waals surface area contributed by atoms with Crippen molar-refractivity contribution in [3.63, 3.8) is 0 Å². The fourth-order valence-electron chi connectivity index (χ4n) is 0.515. The van der Waals surface area contributed by atoms with Crippen LogP contribution in [0.15, 0.2) is 12.2 Å². The Labute approximate surface area is 85.9 Å². The Balaban J connectivity index is 0.000000241. The number of ether oxygens (including phenoxy) is 1. The molecule has 1 aliphatic heterocycles. The summed E-state index contributed by atoms with van der Waals surface area (Å²) in [6.45, 7) is 7.22. The van der Waals surface area contributed by atoms with Crippen LogP contribution < -0.4 is 0 Å². The van der Waals surface area contributed by atoms with E-state index in [1.54, 1.807) is 6.92 Å². The first kappa shape index (κ1) is 13.3. The molecule has 1 rings (SSSR count). The molecule has 0 N–H and O–H groups in total. The van der Waals surface area contributed by atoms with Gasteiger partial charge in [-0.15, -0.1) is 0 Å². The SMILES string of the molecule is C=C(C)C(=O)OC.CC1COS(=O)O1. The number of hydrogen-bond donors (Lipinski definition) is 0. The van der Waals surface area contributed by atoms with Gasteiger partial charge in [-0.3, -0.25) is 8.37 Å². The van der Waals surface area contributed by atoms with Gasteiger partial charge in [-0.05, 0) is 13.8 Å². The molecule has 1 fully saturated rings. The van der Waals surface area contributed by atoms with E-state index in [9.17, 15) is 9.00 Å². The summed E-state index contributed by atoms with van der Waals surface area (Å²) >= 11 is -1.45. The highest BCUT2D eigenvalue weighted by Crippen LogP contribution is 2.05. The molecule has 82 valence electrons. The van der Waals surface area contributed by atoms with Gasteiger partial charge in [0, 0.05) is 5.57 Å². The molecule has 2 unspecified atom stereocenters. The maximum absolute atomic E-state index is 10.2. The molecule has 1 aliphatic rings. The smallest absolute Gasteiger partial charge is 0.332 e. The molecule has 0 aromatic rings. The molecule has 0 saturated carbocycles. The first-order chi connectivity index (χ1) is 6.47. The van der Waals surface area contributed by atoms with Crippen LogP contribution in [0.1, 0.15) is 13.8 Å². The van der Waals surface area contributed by atoms with Crippen LogP contribution in [0.4, 0.5) is 0 Å². The average molecular weight is 222 g/mol. The van der Waals surface area contributed by atoms with Crippen LogP contribution in [-0.4, -0.2) is 30.0 Å². The van der Waals surface area contributed by atoms with Crippen molar-refractivity contribution in [2.24, 2.45) is 0 Å². The van der Waals surface area contributed by atoms with Crippen molar-refractivity contribution in [3.8, 4) is 0 Å². The average Bonchev–Trinajstić information content (AvgIpc) is 2.49. The Morgan fingerprint density at radius 1 is 1.64 bits per heavy atom. The minimum absolute atomic E-state index is 0.000772. The van der Waals surface area contributed by atoms with Gasteiger partial charge >= 0.3 is 17.3 Å². The topological polar surface area (TPSA) is 61.8 Å². The van der Waals surface area contributed by atoms with Gasteiger partial charge in [-0.25, -0.2) is 4.79 Å². The van der Waals surface area contributed by atoms with E-state index in [0.29, 0.717) is 12.2 Å². The monoisotopic (exact) mass is 222 g/mol. The van der Waals surface area contributed by atoms with E-state index in [1.165, 1.54) is 7.11 Å². The number of hydrogen-bond acceptors (Lipinski definition) is 5. The fraction of sp³-hybridized carbons (Fsp3) is 0.625.